The number of aryl methyl sites for hydroxylation is 1. The summed E-state index contributed by atoms with van der Waals surface area (Å²) in [5.74, 6) is 0. The molecule has 3 rings (SSSR count). The maximum absolute atomic E-state index is 4.83. The van der Waals surface area contributed by atoms with Crippen molar-refractivity contribution >= 4 is 23.9 Å². The van der Waals surface area contributed by atoms with Gasteiger partial charge in [0.15, 0.2) is 8.07 Å². The number of rotatable bonds is 3. The third kappa shape index (κ3) is 2.45. The van der Waals surface area contributed by atoms with Crippen LogP contribution in [0.3, 0.4) is 0 Å². The largest absolute Gasteiger partial charge is 0.341 e. The highest BCUT2D eigenvalue weighted by Gasteiger charge is 2.52. The Morgan fingerprint density at radius 3 is 1.65 bits per heavy atom. The van der Waals surface area contributed by atoms with E-state index >= 15 is 0 Å². The molecule has 0 atom stereocenters. The molecule has 0 N–H and O–H groups in total. The summed E-state index contributed by atoms with van der Waals surface area (Å²) < 4.78 is 2.21. The number of nitrogens with zero attached hydrogens (tertiary/aromatic N) is 2. The Labute approximate surface area is 139 Å². The highest BCUT2D eigenvalue weighted by Crippen LogP contribution is 2.35. The van der Waals surface area contributed by atoms with Crippen molar-refractivity contribution in [1.29, 1.82) is 0 Å². The Balaban J connectivity index is 2.43. The van der Waals surface area contributed by atoms with Gasteiger partial charge in [-0.3, -0.25) is 0 Å². The lowest BCUT2D eigenvalue weighted by atomic mass is 10.2. The van der Waals surface area contributed by atoms with Gasteiger partial charge in [-0.1, -0.05) is 81.4 Å². The summed E-state index contributed by atoms with van der Waals surface area (Å²) in [7, 11) is -0.153. The molecule has 0 radical (unpaired) electrons. The molecule has 0 amide bonds. The Bertz CT molecular complexity index is 731. The molecule has 0 fully saturated rings. The maximum atomic E-state index is 4.83. The SMILES string of the molecule is Cn1ccnc1[Si](c1ccccc1)(c1ccccc1)C(C)(C)C. The molecule has 0 saturated heterocycles. The molecule has 0 spiro atoms. The van der Waals surface area contributed by atoms with Gasteiger partial charge >= 0.3 is 0 Å². The zero-order valence-electron chi connectivity index (χ0n) is 14.3. The number of aromatic nitrogens is 2. The van der Waals surface area contributed by atoms with Crippen molar-refractivity contribution in [3.63, 3.8) is 0 Å². The molecular weight excluding hydrogens is 296 g/mol. The van der Waals surface area contributed by atoms with Gasteiger partial charge in [0.1, 0.15) is 0 Å². The van der Waals surface area contributed by atoms with Crippen LogP contribution in [0, 0.1) is 0 Å². The first kappa shape index (κ1) is 15.8. The lowest BCUT2D eigenvalue weighted by Crippen LogP contribution is -2.74. The molecule has 0 bridgehead atoms. The topological polar surface area (TPSA) is 17.8 Å². The smallest absolute Gasteiger partial charge is 0.198 e. The van der Waals surface area contributed by atoms with Gasteiger partial charge in [0.25, 0.3) is 0 Å². The fraction of sp³-hybridized carbons (Fsp3) is 0.250. The zero-order valence-corrected chi connectivity index (χ0v) is 15.3. The molecule has 1 heterocycles. The standard InChI is InChI=1S/C20H24N2Si/c1-20(2,3)23(17-11-7-5-8-12-17,18-13-9-6-10-14-18)19-21-15-16-22(19)4/h5-16H,1-4H3. The molecular formula is C20H24N2Si. The number of benzene rings is 2. The molecule has 0 aliphatic carbocycles. The second kappa shape index (κ2) is 5.82. The van der Waals surface area contributed by atoms with E-state index in [1.807, 2.05) is 6.20 Å². The van der Waals surface area contributed by atoms with Crippen LogP contribution in [0.15, 0.2) is 73.1 Å². The number of hydrogen-bond acceptors (Lipinski definition) is 1. The van der Waals surface area contributed by atoms with Crippen molar-refractivity contribution in [2.75, 3.05) is 0 Å². The van der Waals surface area contributed by atoms with E-state index in [-0.39, 0.29) is 5.04 Å². The summed E-state index contributed by atoms with van der Waals surface area (Å²) >= 11 is 0. The summed E-state index contributed by atoms with van der Waals surface area (Å²) in [5.41, 5.74) is 1.21. The van der Waals surface area contributed by atoms with Gasteiger partial charge in [-0.25, -0.2) is 4.98 Å². The summed E-state index contributed by atoms with van der Waals surface area (Å²) in [5, 5.41) is 2.91. The molecule has 0 saturated carbocycles. The van der Waals surface area contributed by atoms with Gasteiger partial charge in [0.2, 0.25) is 0 Å². The molecule has 2 nitrogen and oxygen atoms in total. The molecule has 0 aliphatic heterocycles. The van der Waals surface area contributed by atoms with E-state index in [2.05, 4.69) is 99.2 Å². The maximum Gasteiger partial charge on any atom is 0.198 e. The second-order valence-electron chi connectivity index (χ2n) is 7.09. The second-order valence-corrected chi connectivity index (χ2v) is 11.7. The predicted molar refractivity (Wildman–Crippen MR) is 100 cm³/mol. The first-order valence-corrected chi connectivity index (χ1v) is 10.1. The average molecular weight is 321 g/mol. The lowest BCUT2D eigenvalue weighted by Gasteiger charge is -2.43. The Morgan fingerprint density at radius 2 is 1.30 bits per heavy atom. The van der Waals surface area contributed by atoms with Crippen LogP contribution in [0.4, 0.5) is 0 Å². The van der Waals surface area contributed by atoms with Crippen molar-refractivity contribution < 1.29 is 0 Å². The minimum Gasteiger partial charge on any atom is -0.341 e. The monoisotopic (exact) mass is 320 g/mol. The minimum atomic E-state index is -2.27. The van der Waals surface area contributed by atoms with E-state index in [0.29, 0.717) is 0 Å². The Hall–Kier alpha value is -2.13. The summed E-state index contributed by atoms with van der Waals surface area (Å²) in [6.45, 7) is 7.07. The third-order valence-electron chi connectivity index (χ3n) is 4.70. The fourth-order valence-electron chi connectivity index (χ4n) is 3.73. The van der Waals surface area contributed by atoms with Crippen LogP contribution in [0.25, 0.3) is 0 Å². The van der Waals surface area contributed by atoms with Crippen molar-refractivity contribution in [3.05, 3.63) is 73.1 Å². The third-order valence-corrected chi connectivity index (χ3v) is 10.5. The summed E-state index contributed by atoms with van der Waals surface area (Å²) in [4.78, 5) is 4.83. The van der Waals surface area contributed by atoms with Crippen molar-refractivity contribution in [1.82, 2.24) is 9.55 Å². The van der Waals surface area contributed by atoms with E-state index in [1.165, 1.54) is 15.8 Å². The average Bonchev–Trinajstić information content (AvgIpc) is 2.95. The number of hydrogen-bond donors (Lipinski definition) is 0. The molecule has 1 aromatic heterocycles. The van der Waals surface area contributed by atoms with Crippen molar-refractivity contribution in [2.24, 2.45) is 7.05 Å². The highest BCUT2D eigenvalue weighted by atomic mass is 28.3. The molecule has 2 aromatic carbocycles. The van der Waals surface area contributed by atoms with E-state index in [1.54, 1.807) is 0 Å². The molecule has 3 aromatic rings. The zero-order chi connectivity index (χ0) is 16.5. The van der Waals surface area contributed by atoms with E-state index in [9.17, 15) is 0 Å². The normalized spacial score (nSPS) is 12.3. The summed E-state index contributed by atoms with van der Waals surface area (Å²) in [6.07, 6.45) is 3.99. The molecule has 0 aliphatic rings. The Morgan fingerprint density at radius 1 is 0.826 bits per heavy atom. The van der Waals surface area contributed by atoms with Crippen LogP contribution in [-0.4, -0.2) is 17.6 Å². The Kier molecular flexibility index (Phi) is 3.98. The minimum absolute atomic E-state index is 0.0921. The number of imidazole rings is 1. The van der Waals surface area contributed by atoms with Crippen molar-refractivity contribution in [2.45, 2.75) is 25.8 Å². The van der Waals surface area contributed by atoms with Gasteiger partial charge in [-0.15, -0.1) is 0 Å². The summed E-state index contributed by atoms with van der Waals surface area (Å²) in [6, 6.07) is 21.9. The van der Waals surface area contributed by atoms with Crippen LogP contribution in [0.1, 0.15) is 20.8 Å². The van der Waals surface area contributed by atoms with E-state index in [4.69, 9.17) is 4.98 Å². The quantitative estimate of drug-likeness (QED) is 0.679. The van der Waals surface area contributed by atoms with Gasteiger partial charge in [0, 0.05) is 19.4 Å². The van der Waals surface area contributed by atoms with Crippen LogP contribution in [0.2, 0.25) is 5.04 Å². The first-order chi connectivity index (χ1) is 11.0. The molecule has 118 valence electrons. The molecule has 0 unspecified atom stereocenters. The van der Waals surface area contributed by atoms with Crippen LogP contribution in [0.5, 0.6) is 0 Å². The van der Waals surface area contributed by atoms with Crippen molar-refractivity contribution in [3.8, 4) is 0 Å². The molecule has 23 heavy (non-hydrogen) atoms. The highest BCUT2D eigenvalue weighted by molar-refractivity contribution is 7.12. The van der Waals surface area contributed by atoms with Crippen LogP contribution >= 0.6 is 0 Å². The fourth-order valence-corrected chi connectivity index (χ4v) is 9.24. The van der Waals surface area contributed by atoms with E-state index < -0.39 is 8.07 Å². The van der Waals surface area contributed by atoms with Crippen LogP contribution in [-0.2, 0) is 7.05 Å². The lowest BCUT2D eigenvalue weighted by molar-refractivity contribution is 0.733. The van der Waals surface area contributed by atoms with Gasteiger partial charge in [-0.2, -0.15) is 0 Å². The van der Waals surface area contributed by atoms with E-state index in [0.717, 1.165) is 0 Å². The van der Waals surface area contributed by atoms with Gasteiger partial charge in [-0.05, 0) is 15.4 Å². The van der Waals surface area contributed by atoms with Crippen LogP contribution < -0.4 is 15.8 Å². The first-order valence-electron chi connectivity index (χ1n) is 8.07. The van der Waals surface area contributed by atoms with Gasteiger partial charge in [0.05, 0.1) is 5.45 Å². The predicted octanol–water partition coefficient (Wildman–Crippen LogP) is 2.69. The van der Waals surface area contributed by atoms with Gasteiger partial charge < -0.3 is 4.57 Å². The molecule has 3 heteroatoms.